The Labute approximate surface area is 123 Å². The molecule has 2 aromatic rings. The number of ether oxygens (including phenoxy) is 1. The number of rotatable bonds is 4. The van der Waals surface area contributed by atoms with E-state index in [1.807, 2.05) is 37.3 Å². The van der Waals surface area contributed by atoms with Crippen molar-refractivity contribution in [1.82, 2.24) is 25.1 Å². The second kappa shape index (κ2) is 6.30. The highest BCUT2D eigenvalue weighted by atomic mass is 16.5. The van der Waals surface area contributed by atoms with Gasteiger partial charge in [-0.3, -0.25) is 4.90 Å². The van der Waals surface area contributed by atoms with E-state index >= 15 is 0 Å². The maximum Gasteiger partial charge on any atom is 0.170 e. The SMILES string of the molecule is CC(N)C1CN(Cc2nnnn2-c2ccccc2)CCO1. The first-order valence-electron chi connectivity index (χ1n) is 7.16. The van der Waals surface area contributed by atoms with Crippen molar-refractivity contribution in [3.63, 3.8) is 0 Å². The van der Waals surface area contributed by atoms with Crippen LogP contribution in [0.4, 0.5) is 0 Å². The summed E-state index contributed by atoms with van der Waals surface area (Å²) in [5.41, 5.74) is 6.89. The predicted molar refractivity (Wildman–Crippen MR) is 77.8 cm³/mol. The van der Waals surface area contributed by atoms with Crippen LogP contribution in [0.2, 0.25) is 0 Å². The van der Waals surface area contributed by atoms with E-state index in [0.717, 1.165) is 24.6 Å². The molecule has 7 heteroatoms. The molecule has 3 rings (SSSR count). The van der Waals surface area contributed by atoms with Crippen LogP contribution in [0.1, 0.15) is 12.7 Å². The summed E-state index contributed by atoms with van der Waals surface area (Å²) < 4.78 is 7.45. The fraction of sp³-hybridized carbons (Fsp3) is 0.500. The monoisotopic (exact) mass is 288 g/mol. The van der Waals surface area contributed by atoms with Crippen molar-refractivity contribution in [2.45, 2.75) is 25.6 Å². The minimum Gasteiger partial charge on any atom is -0.374 e. The zero-order chi connectivity index (χ0) is 14.7. The number of nitrogens with zero attached hydrogens (tertiary/aromatic N) is 5. The van der Waals surface area contributed by atoms with Crippen LogP contribution in [0.3, 0.4) is 0 Å². The van der Waals surface area contributed by atoms with Gasteiger partial charge in [0.1, 0.15) is 0 Å². The molecule has 0 amide bonds. The van der Waals surface area contributed by atoms with Crippen molar-refractivity contribution in [2.24, 2.45) is 5.73 Å². The van der Waals surface area contributed by atoms with E-state index in [4.69, 9.17) is 10.5 Å². The molecule has 0 spiro atoms. The van der Waals surface area contributed by atoms with Crippen LogP contribution >= 0.6 is 0 Å². The van der Waals surface area contributed by atoms with Gasteiger partial charge in [0.25, 0.3) is 0 Å². The first-order chi connectivity index (χ1) is 10.2. The summed E-state index contributed by atoms with van der Waals surface area (Å²) in [6.45, 7) is 5.03. The van der Waals surface area contributed by atoms with Gasteiger partial charge in [-0.25, -0.2) is 0 Å². The highest BCUT2D eigenvalue weighted by molar-refractivity contribution is 5.30. The van der Waals surface area contributed by atoms with Crippen LogP contribution in [0.25, 0.3) is 5.69 Å². The van der Waals surface area contributed by atoms with Gasteiger partial charge in [-0.2, -0.15) is 4.68 Å². The molecule has 0 bridgehead atoms. The summed E-state index contributed by atoms with van der Waals surface area (Å²) in [5.74, 6) is 0.825. The number of para-hydroxylation sites is 1. The number of aromatic nitrogens is 4. The van der Waals surface area contributed by atoms with Gasteiger partial charge in [0.15, 0.2) is 5.82 Å². The van der Waals surface area contributed by atoms with Crippen molar-refractivity contribution >= 4 is 0 Å². The van der Waals surface area contributed by atoms with Gasteiger partial charge in [-0.1, -0.05) is 18.2 Å². The first-order valence-corrected chi connectivity index (χ1v) is 7.16. The smallest absolute Gasteiger partial charge is 0.170 e. The van der Waals surface area contributed by atoms with Crippen LogP contribution in [-0.4, -0.2) is 56.9 Å². The van der Waals surface area contributed by atoms with Crippen LogP contribution in [0, 0.1) is 0 Å². The summed E-state index contributed by atoms with van der Waals surface area (Å²) in [4.78, 5) is 2.28. The van der Waals surface area contributed by atoms with E-state index in [2.05, 4.69) is 20.4 Å². The molecule has 1 saturated heterocycles. The van der Waals surface area contributed by atoms with E-state index in [1.165, 1.54) is 0 Å². The molecule has 2 atom stereocenters. The average Bonchev–Trinajstić information content (AvgIpc) is 2.96. The van der Waals surface area contributed by atoms with Gasteiger partial charge in [0, 0.05) is 19.1 Å². The topological polar surface area (TPSA) is 82.1 Å². The fourth-order valence-corrected chi connectivity index (χ4v) is 2.47. The number of hydrogen-bond acceptors (Lipinski definition) is 6. The molecule has 0 aliphatic carbocycles. The Kier molecular flexibility index (Phi) is 4.23. The van der Waals surface area contributed by atoms with Gasteiger partial charge in [-0.15, -0.1) is 5.10 Å². The van der Waals surface area contributed by atoms with Crippen LogP contribution in [0.15, 0.2) is 30.3 Å². The van der Waals surface area contributed by atoms with E-state index in [-0.39, 0.29) is 12.1 Å². The summed E-state index contributed by atoms with van der Waals surface area (Å²) in [6, 6.07) is 9.93. The lowest BCUT2D eigenvalue weighted by Crippen LogP contribution is -2.49. The third-order valence-electron chi connectivity index (χ3n) is 3.66. The second-order valence-electron chi connectivity index (χ2n) is 5.35. The standard InChI is InChI=1S/C14H20N6O/c1-11(15)13-9-19(7-8-21-13)10-14-16-17-18-20(14)12-5-3-2-4-6-12/h2-6,11,13H,7-10,15H2,1H3. The highest BCUT2D eigenvalue weighted by Gasteiger charge is 2.24. The maximum atomic E-state index is 5.93. The molecular weight excluding hydrogens is 268 g/mol. The van der Waals surface area contributed by atoms with E-state index < -0.39 is 0 Å². The van der Waals surface area contributed by atoms with Crippen molar-refractivity contribution in [3.8, 4) is 5.69 Å². The number of tetrazole rings is 1. The lowest BCUT2D eigenvalue weighted by atomic mass is 10.1. The Hall–Kier alpha value is -1.83. The quantitative estimate of drug-likeness (QED) is 0.866. The molecule has 2 unspecified atom stereocenters. The van der Waals surface area contributed by atoms with Gasteiger partial charge in [0.05, 0.1) is 24.9 Å². The molecule has 0 radical (unpaired) electrons. The third kappa shape index (κ3) is 3.26. The van der Waals surface area contributed by atoms with Crippen LogP contribution in [0.5, 0.6) is 0 Å². The molecule has 1 aromatic carbocycles. The summed E-state index contributed by atoms with van der Waals surface area (Å²) in [7, 11) is 0. The Balaban J connectivity index is 1.73. The average molecular weight is 288 g/mol. The predicted octanol–water partition coefficient (Wildman–Crippen LogP) is 0.210. The second-order valence-corrected chi connectivity index (χ2v) is 5.35. The first kappa shape index (κ1) is 14.1. The molecule has 2 N–H and O–H groups in total. The molecule has 21 heavy (non-hydrogen) atoms. The highest BCUT2D eigenvalue weighted by Crippen LogP contribution is 2.13. The molecule has 1 aliphatic heterocycles. The largest absolute Gasteiger partial charge is 0.374 e. The Bertz CT molecular complexity index is 570. The lowest BCUT2D eigenvalue weighted by molar-refractivity contribution is -0.0412. The summed E-state index contributed by atoms with van der Waals surface area (Å²) >= 11 is 0. The molecule has 1 aliphatic rings. The normalized spacial score (nSPS) is 21.3. The number of nitrogens with two attached hydrogens (primary N) is 1. The zero-order valence-corrected chi connectivity index (χ0v) is 12.1. The van der Waals surface area contributed by atoms with E-state index in [9.17, 15) is 0 Å². The fourth-order valence-electron chi connectivity index (χ4n) is 2.47. The number of benzene rings is 1. The lowest BCUT2D eigenvalue weighted by Gasteiger charge is -2.34. The zero-order valence-electron chi connectivity index (χ0n) is 12.1. The minimum atomic E-state index is 0.0259. The number of hydrogen-bond donors (Lipinski definition) is 1. The van der Waals surface area contributed by atoms with E-state index in [1.54, 1.807) is 4.68 Å². The summed E-state index contributed by atoms with van der Waals surface area (Å²) in [6.07, 6.45) is 0.0693. The van der Waals surface area contributed by atoms with Crippen molar-refractivity contribution < 1.29 is 4.74 Å². The molecule has 112 valence electrons. The van der Waals surface area contributed by atoms with Gasteiger partial charge < -0.3 is 10.5 Å². The third-order valence-corrected chi connectivity index (χ3v) is 3.66. The van der Waals surface area contributed by atoms with Crippen LogP contribution in [-0.2, 0) is 11.3 Å². The Morgan fingerprint density at radius 1 is 1.38 bits per heavy atom. The minimum absolute atomic E-state index is 0.0259. The summed E-state index contributed by atoms with van der Waals surface area (Å²) in [5, 5.41) is 12.0. The van der Waals surface area contributed by atoms with Gasteiger partial charge in [-0.05, 0) is 29.5 Å². The molecule has 1 fully saturated rings. The molecular formula is C14H20N6O. The van der Waals surface area contributed by atoms with Crippen LogP contribution < -0.4 is 5.73 Å². The van der Waals surface area contributed by atoms with Crippen molar-refractivity contribution in [1.29, 1.82) is 0 Å². The Morgan fingerprint density at radius 2 is 2.19 bits per heavy atom. The molecule has 0 saturated carbocycles. The van der Waals surface area contributed by atoms with E-state index in [0.29, 0.717) is 13.2 Å². The van der Waals surface area contributed by atoms with Gasteiger partial charge in [0.2, 0.25) is 0 Å². The van der Waals surface area contributed by atoms with Gasteiger partial charge >= 0.3 is 0 Å². The molecule has 7 nitrogen and oxygen atoms in total. The maximum absolute atomic E-state index is 5.93. The van der Waals surface area contributed by atoms with Crippen molar-refractivity contribution in [2.75, 3.05) is 19.7 Å². The molecule has 1 aromatic heterocycles. The Morgan fingerprint density at radius 3 is 2.95 bits per heavy atom. The molecule has 2 heterocycles. The number of morpholine rings is 1. The van der Waals surface area contributed by atoms with Crippen molar-refractivity contribution in [3.05, 3.63) is 36.2 Å².